The molecular formula is C16H15NO7. The van der Waals surface area contributed by atoms with E-state index in [1.807, 2.05) is 0 Å². The number of para-hydroxylation sites is 1. The normalized spacial score (nSPS) is 10.0. The minimum absolute atomic E-state index is 0.116. The third-order valence-corrected chi connectivity index (χ3v) is 2.96. The van der Waals surface area contributed by atoms with Gasteiger partial charge in [-0.2, -0.15) is 0 Å². The third-order valence-electron chi connectivity index (χ3n) is 2.96. The summed E-state index contributed by atoms with van der Waals surface area (Å²) in [6.07, 6.45) is 1.29. The second kappa shape index (κ2) is 7.82. The van der Waals surface area contributed by atoms with Crippen molar-refractivity contribution in [2.45, 2.75) is 6.61 Å². The summed E-state index contributed by atoms with van der Waals surface area (Å²) in [6, 6.07) is 7.64. The van der Waals surface area contributed by atoms with E-state index < -0.39 is 17.8 Å². The van der Waals surface area contributed by atoms with Crippen molar-refractivity contribution < 1.29 is 33.0 Å². The number of benzene rings is 1. The van der Waals surface area contributed by atoms with Gasteiger partial charge in [-0.05, 0) is 18.2 Å². The largest absolute Gasteiger partial charge is 0.483 e. The second-order valence-corrected chi connectivity index (χ2v) is 4.58. The Balaban J connectivity index is 2.07. The highest BCUT2D eigenvalue weighted by molar-refractivity contribution is 5.93. The Kier molecular flexibility index (Phi) is 5.56. The maximum atomic E-state index is 12.2. The molecule has 1 heterocycles. The van der Waals surface area contributed by atoms with Gasteiger partial charge in [0.05, 0.1) is 13.4 Å². The standard InChI is InChI=1S/C16H15NO7/c1-21-15(19)11-6-7-22-13(11)8-24-16(20)10-4-2-3-5-12(10)23-9-14(17)18/h2-7H,8-9H2,1H3,(H2,17,18). The topological polar surface area (TPSA) is 118 Å². The van der Waals surface area contributed by atoms with E-state index in [4.69, 9.17) is 19.6 Å². The first-order valence-electron chi connectivity index (χ1n) is 6.85. The summed E-state index contributed by atoms with van der Waals surface area (Å²) < 4.78 is 20.0. The molecule has 8 nitrogen and oxygen atoms in total. The minimum atomic E-state index is -0.706. The Morgan fingerprint density at radius 2 is 1.83 bits per heavy atom. The van der Waals surface area contributed by atoms with E-state index in [-0.39, 0.29) is 35.9 Å². The fourth-order valence-corrected chi connectivity index (χ4v) is 1.86. The molecule has 24 heavy (non-hydrogen) atoms. The number of primary amides is 1. The number of nitrogens with two attached hydrogens (primary N) is 1. The molecule has 0 aliphatic rings. The van der Waals surface area contributed by atoms with Crippen LogP contribution in [0.25, 0.3) is 0 Å². The molecule has 2 N–H and O–H groups in total. The summed E-state index contributed by atoms with van der Waals surface area (Å²) in [7, 11) is 1.23. The lowest BCUT2D eigenvalue weighted by Gasteiger charge is -2.10. The zero-order chi connectivity index (χ0) is 17.5. The van der Waals surface area contributed by atoms with Crippen molar-refractivity contribution in [1.29, 1.82) is 0 Å². The van der Waals surface area contributed by atoms with Gasteiger partial charge in [0.15, 0.2) is 19.0 Å². The minimum Gasteiger partial charge on any atom is -0.483 e. The monoisotopic (exact) mass is 333 g/mol. The highest BCUT2D eigenvalue weighted by Gasteiger charge is 2.19. The van der Waals surface area contributed by atoms with Gasteiger partial charge in [0.25, 0.3) is 5.91 Å². The first-order chi connectivity index (χ1) is 11.5. The van der Waals surface area contributed by atoms with E-state index in [2.05, 4.69) is 4.74 Å². The van der Waals surface area contributed by atoms with Crippen molar-refractivity contribution in [3.8, 4) is 5.75 Å². The predicted octanol–water partition coefficient (Wildman–Crippen LogP) is 1.29. The van der Waals surface area contributed by atoms with Gasteiger partial charge in [-0.3, -0.25) is 4.79 Å². The number of carbonyl (C=O) groups is 3. The molecule has 0 fully saturated rings. The molecule has 126 valence electrons. The number of amides is 1. The quantitative estimate of drug-likeness (QED) is 0.758. The number of hydrogen-bond acceptors (Lipinski definition) is 7. The number of rotatable bonds is 7. The molecule has 0 unspecified atom stereocenters. The molecule has 1 aromatic carbocycles. The molecule has 0 aliphatic heterocycles. The van der Waals surface area contributed by atoms with Crippen LogP contribution in [-0.2, 0) is 20.9 Å². The lowest BCUT2D eigenvalue weighted by molar-refractivity contribution is -0.119. The lowest BCUT2D eigenvalue weighted by atomic mass is 10.2. The van der Waals surface area contributed by atoms with Gasteiger partial charge in [0.1, 0.15) is 16.9 Å². The van der Waals surface area contributed by atoms with Gasteiger partial charge in [0.2, 0.25) is 0 Å². The van der Waals surface area contributed by atoms with Gasteiger partial charge in [0, 0.05) is 0 Å². The number of esters is 2. The number of methoxy groups -OCH3 is 1. The average Bonchev–Trinajstić information content (AvgIpc) is 3.06. The van der Waals surface area contributed by atoms with Crippen LogP contribution in [-0.4, -0.2) is 31.6 Å². The number of carbonyl (C=O) groups excluding carboxylic acids is 3. The molecule has 0 saturated carbocycles. The van der Waals surface area contributed by atoms with Crippen LogP contribution in [0.3, 0.4) is 0 Å². The molecule has 0 bridgehead atoms. The summed E-state index contributed by atoms with van der Waals surface area (Å²) in [5.74, 6) is -1.65. The SMILES string of the molecule is COC(=O)c1ccoc1COC(=O)c1ccccc1OCC(N)=O. The van der Waals surface area contributed by atoms with Crippen molar-refractivity contribution in [3.63, 3.8) is 0 Å². The van der Waals surface area contributed by atoms with Crippen molar-refractivity contribution in [2.24, 2.45) is 5.73 Å². The van der Waals surface area contributed by atoms with Crippen molar-refractivity contribution in [2.75, 3.05) is 13.7 Å². The van der Waals surface area contributed by atoms with Crippen LogP contribution in [0.15, 0.2) is 41.0 Å². The lowest BCUT2D eigenvalue weighted by Crippen LogP contribution is -2.21. The fourth-order valence-electron chi connectivity index (χ4n) is 1.86. The number of hydrogen-bond donors (Lipinski definition) is 1. The molecular weight excluding hydrogens is 318 g/mol. The van der Waals surface area contributed by atoms with E-state index >= 15 is 0 Å². The van der Waals surface area contributed by atoms with E-state index in [9.17, 15) is 14.4 Å². The zero-order valence-corrected chi connectivity index (χ0v) is 12.8. The second-order valence-electron chi connectivity index (χ2n) is 4.58. The molecule has 0 atom stereocenters. The average molecular weight is 333 g/mol. The van der Waals surface area contributed by atoms with Gasteiger partial charge in [-0.15, -0.1) is 0 Å². The van der Waals surface area contributed by atoms with Crippen LogP contribution in [0.5, 0.6) is 5.75 Å². The number of furan rings is 1. The Labute approximate surface area is 137 Å². The van der Waals surface area contributed by atoms with Crippen molar-refractivity contribution >= 4 is 17.8 Å². The van der Waals surface area contributed by atoms with Crippen molar-refractivity contribution in [1.82, 2.24) is 0 Å². The molecule has 0 radical (unpaired) electrons. The Morgan fingerprint density at radius 3 is 2.54 bits per heavy atom. The summed E-state index contributed by atoms with van der Waals surface area (Å²) in [4.78, 5) is 34.5. The van der Waals surface area contributed by atoms with Crippen LogP contribution in [0.2, 0.25) is 0 Å². The van der Waals surface area contributed by atoms with Crippen LogP contribution >= 0.6 is 0 Å². The molecule has 2 rings (SSSR count). The van der Waals surface area contributed by atoms with Gasteiger partial charge < -0.3 is 24.4 Å². The third kappa shape index (κ3) is 4.13. The van der Waals surface area contributed by atoms with E-state index in [0.717, 1.165) is 0 Å². The molecule has 0 spiro atoms. The zero-order valence-electron chi connectivity index (χ0n) is 12.8. The molecule has 1 aromatic heterocycles. The first kappa shape index (κ1) is 17.1. The maximum Gasteiger partial charge on any atom is 0.342 e. The highest BCUT2D eigenvalue weighted by Crippen LogP contribution is 2.20. The fraction of sp³-hybridized carbons (Fsp3) is 0.188. The maximum absolute atomic E-state index is 12.2. The van der Waals surface area contributed by atoms with Gasteiger partial charge in [-0.25, -0.2) is 9.59 Å². The van der Waals surface area contributed by atoms with Gasteiger partial charge >= 0.3 is 11.9 Å². The van der Waals surface area contributed by atoms with E-state index in [1.54, 1.807) is 12.1 Å². The van der Waals surface area contributed by atoms with Crippen LogP contribution in [0.1, 0.15) is 26.5 Å². The molecule has 0 aliphatic carbocycles. The molecule has 2 aromatic rings. The molecule has 1 amide bonds. The summed E-state index contributed by atoms with van der Waals surface area (Å²) in [5.41, 5.74) is 5.30. The van der Waals surface area contributed by atoms with E-state index in [0.29, 0.717) is 0 Å². The van der Waals surface area contributed by atoms with Gasteiger partial charge in [-0.1, -0.05) is 12.1 Å². The summed E-state index contributed by atoms with van der Waals surface area (Å²) in [5, 5.41) is 0. The summed E-state index contributed by atoms with van der Waals surface area (Å²) in [6.45, 7) is -0.630. The smallest absolute Gasteiger partial charge is 0.342 e. The number of ether oxygens (including phenoxy) is 3. The summed E-state index contributed by atoms with van der Waals surface area (Å²) >= 11 is 0. The van der Waals surface area contributed by atoms with E-state index in [1.165, 1.54) is 31.6 Å². The highest BCUT2D eigenvalue weighted by atomic mass is 16.5. The Hall–Kier alpha value is -3.29. The Bertz CT molecular complexity index is 750. The first-order valence-corrected chi connectivity index (χ1v) is 6.85. The molecule has 0 saturated heterocycles. The van der Waals surface area contributed by atoms with Crippen LogP contribution in [0.4, 0.5) is 0 Å². The Morgan fingerprint density at radius 1 is 1.08 bits per heavy atom. The van der Waals surface area contributed by atoms with Crippen LogP contribution < -0.4 is 10.5 Å². The van der Waals surface area contributed by atoms with Crippen molar-refractivity contribution in [3.05, 3.63) is 53.5 Å². The molecule has 8 heteroatoms. The van der Waals surface area contributed by atoms with Crippen LogP contribution in [0, 0.1) is 0 Å². The predicted molar refractivity (Wildman–Crippen MR) is 80.3 cm³/mol.